The van der Waals surface area contributed by atoms with Crippen molar-refractivity contribution in [3.05, 3.63) is 38.9 Å². The van der Waals surface area contributed by atoms with Crippen LogP contribution in [0.4, 0.5) is 5.69 Å². The summed E-state index contributed by atoms with van der Waals surface area (Å²) in [6.45, 7) is 2.11. The molecule has 1 aromatic rings. The second kappa shape index (κ2) is 4.58. The smallest absolute Gasteiger partial charge is 0.258 e. The van der Waals surface area contributed by atoms with E-state index in [1.807, 2.05) is 0 Å². The summed E-state index contributed by atoms with van der Waals surface area (Å²) in [4.78, 5) is 11.0. The van der Waals surface area contributed by atoms with Gasteiger partial charge in [0.05, 0.1) is 4.92 Å². The first-order chi connectivity index (χ1) is 7.94. The number of benzene rings is 1. The van der Waals surface area contributed by atoms with Crippen molar-refractivity contribution < 1.29 is 4.92 Å². The molecular formula is C12H13BrClNO2. The SMILES string of the molecule is CC(Br)C1(Cc2ccc(Cl)cc2[N+](=O)[O-])CC1. The minimum atomic E-state index is -0.351. The lowest BCUT2D eigenvalue weighted by atomic mass is 9.93. The summed E-state index contributed by atoms with van der Waals surface area (Å²) in [6, 6.07) is 4.93. The zero-order valence-electron chi connectivity index (χ0n) is 9.45. The van der Waals surface area contributed by atoms with Crippen LogP contribution >= 0.6 is 27.5 Å². The van der Waals surface area contributed by atoms with Crippen molar-refractivity contribution >= 4 is 33.2 Å². The number of nitrogens with zero attached hydrogens (tertiary/aromatic N) is 1. The Hall–Kier alpha value is -0.610. The van der Waals surface area contributed by atoms with E-state index in [1.165, 1.54) is 6.07 Å². The Morgan fingerprint density at radius 1 is 1.59 bits per heavy atom. The van der Waals surface area contributed by atoms with E-state index in [-0.39, 0.29) is 16.0 Å². The van der Waals surface area contributed by atoms with Crippen molar-refractivity contribution in [1.82, 2.24) is 0 Å². The van der Waals surface area contributed by atoms with E-state index in [0.717, 1.165) is 24.8 Å². The van der Waals surface area contributed by atoms with Crippen molar-refractivity contribution in [1.29, 1.82) is 0 Å². The molecule has 1 aliphatic rings. The van der Waals surface area contributed by atoms with Crippen molar-refractivity contribution in [2.75, 3.05) is 0 Å². The van der Waals surface area contributed by atoms with Gasteiger partial charge in [0.15, 0.2) is 0 Å². The molecule has 17 heavy (non-hydrogen) atoms. The molecule has 0 bridgehead atoms. The lowest BCUT2D eigenvalue weighted by Crippen LogP contribution is -2.16. The van der Waals surface area contributed by atoms with Crippen LogP contribution in [-0.2, 0) is 6.42 Å². The summed E-state index contributed by atoms with van der Waals surface area (Å²) in [7, 11) is 0. The number of alkyl halides is 1. The van der Waals surface area contributed by atoms with Gasteiger partial charge >= 0.3 is 0 Å². The van der Waals surface area contributed by atoms with Gasteiger partial charge in [-0.2, -0.15) is 0 Å². The minimum Gasteiger partial charge on any atom is -0.258 e. The molecule has 0 N–H and O–H groups in total. The highest BCUT2D eigenvalue weighted by Gasteiger charge is 2.47. The van der Waals surface area contributed by atoms with Crippen LogP contribution < -0.4 is 0 Å². The van der Waals surface area contributed by atoms with Gasteiger partial charge in [-0.25, -0.2) is 0 Å². The molecule has 0 aromatic heterocycles. The van der Waals surface area contributed by atoms with E-state index in [9.17, 15) is 10.1 Å². The van der Waals surface area contributed by atoms with E-state index in [2.05, 4.69) is 22.9 Å². The monoisotopic (exact) mass is 317 g/mol. The molecule has 5 heteroatoms. The van der Waals surface area contributed by atoms with Gasteiger partial charge in [-0.3, -0.25) is 10.1 Å². The summed E-state index contributed by atoms with van der Waals surface area (Å²) in [6.07, 6.45) is 2.99. The maximum atomic E-state index is 11.0. The Balaban J connectivity index is 2.30. The number of hydrogen-bond acceptors (Lipinski definition) is 2. The van der Waals surface area contributed by atoms with Gasteiger partial charge in [0, 0.05) is 21.5 Å². The average molecular weight is 319 g/mol. The standard InChI is InChI=1S/C12H13BrClNO2/c1-8(13)12(4-5-12)7-9-2-3-10(14)6-11(9)15(16)17/h2-3,6,8H,4-5,7H2,1H3. The third kappa shape index (κ3) is 2.63. The van der Waals surface area contributed by atoms with Crippen LogP contribution in [0.15, 0.2) is 18.2 Å². The quantitative estimate of drug-likeness (QED) is 0.470. The molecule has 0 spiro atoms. The first-order valence-corrected chi connectivity index (χ1v) is 6.81. The van der Waals surface area contributed by atoms with Crippen LogP contribution in [0.3, 0.4) is 0 Å². The zero-order chi connectivity index (χ0) is 12.6. The van der Waals surface area contributed by atoms with Crippen molar-refractivity contribution in [3.8, 4) is 0 Å². The highest BCUT2D eigenvalue weighted by Crippen LogP contribution is 2.54. The van der Waals surface area contributed by atoms with Crippen LogP contribution in [0.1, 0.15) is 25.3 Å². The van der Waals surface area contributed by atoms with Crippen LogP contribution in [0.2, 0.25) is 5.02 Å². The van der Waals surface area contributed by atoms with Gasteiger partial charge in [-0.05, 0) is 30.7 Å². The Morgan fingerprint density at radius 2 is 2.24 bits per heavy atom. The number of hydrogen-bond donors (Lipinski definition) is 0. The summed E-state index contributed by atoms with van der Waals surface area (Å²) in [5.41, 5.74) is 1.11. The Labute approximate surface area is 113 Å². The fourth-order valence-electron chi connectivity index (χ4n) is 2.11. The van der Waals surface area contributed by atoms with Crippen LogP contribution in [0, 0.1) is 15.5 Å². The lowest BCUT2D eigenvalue weighted by Gasteiger charge is -2.18. The number of nitro benzene ring substituents is 1. The fraction of sp³-hybridized carbons (Fsp3) is 0.500. The molecule has 0 heterocycles. The van der Waals surface area contributed by atoms with E-state index in [0.29, 0.717) is 9.85 Å². The molecule has 2 rings (SSSR count). The Bertz CT molecular complexity index is 458. The second-order valence-electron chi connectivity index (χ2n) is 4.69. The molecule has 0 saturated heterocycles. The molecule has 1 aliphatic carbocycles. The second-order valence-corrected chi connectivity index (χ2v) is 6.50. The van der Waals surface area contributed by atoms with E-state index in [1.54, 1.807) is 12.1 Å². The van der Waals surface area contributed by atoms with Gasteiger partial charge in [0.2, 0.25) is 0 Å². The van der Waals surface area contributed by atoms with Crippen LogP contribution in [-0.4, -0.2) is 9.75 Å². The van der Waals surface area contributed by atoms with Crippen molar-refractivity contribution in [3.63, 3.8) is 0 Å². The van der Waals surface area contributed by atoms with E-state index < -0.39 is 0 Å². The highest BCUT2D eigenvalue weighted by atomic mass is 79.9. The molecule has 1 unspecified atom stereocenters. The zero-order valence-corrected chi connectivity index (χ0v) is 11.8. The molecule has 1 aromatic carbocycles. The lowest BCUT2D eigenvalue weighted by molar-refractivity contribution is -0.385. The maximum Gasteiger partial charge on any atom is 0.274 e. The minimum absolute atomic E-state index is 0.136. The average Bonchev–Trinajstić information content (AvgIpc) is 3.01. The summed E-state index contributed by atoms with van der Waals surface area (Å²) >= 11 is 9.39. The van der Waals surface area contributed by atoms with E-state index in [4.69, 9.17) is 11.6 Å². The van der Waals surface area contributed by atoms with E-state index >= 15 is 0 Å². The molecule has 1 fully saturated rings. The Kier molecular flexibility index (Phi) is 3.46. The molecule has 1 atom stereocenters. The first kappa shape index (κ1) is 12.8. The van der Waals surface area contributed by atoms with Crippen molar-refractivity contribution in [2.45, 2.75) is 31.0 Å². The van der Waals surface area contributed by atoms with Crippen LogP contribution in [0.25, 0.3) is 0 Å². The van der Waals surface area contributed by atoms with Gasteiger partial charge in [0.25, 0.3) is 5.69 Å². The topological polar surface area (TPSA) is 43.1 Å². The summed E-state index contributed by atoms with van der Waals surface area (Å²) < 4.78 is 0. The third-order valence-corrected chi connectivity index (χ3v) is 4.73. The predicted molar refractivity (Wildman–Crippen MR) is 71.9 cm³/mol. The molecule has 92 valence electrons. The number of halogens is 2. The summed E-state index contributed by atoms with van der Waals surface area (Å²) in [5.74, 6) is 0. The molecule has 1 saturated carbocycles. The third-order valence-electron chi connectivity index (χ3n) is 3.52. The predicted octanol–water partition coefficient (Wildman–Crippen LogP) is 4.35. The van der Waals surface area contributed by atoms with Gasteiger partial charge in [0.1, 0.15) is 0 Å². The Morgan fingerprint density at radius 3 is 2.71 bits per heavy atom. The van der Waals surface area contributed by atoms with Gasteiger partial charge in [-0.1, -0.05) is 40.5 Å². The summed E-state index contributed by atoms with van der Waals surface area (Å²) in [5, 5.41) is 11.4. The maximum absolute atomic E-state index is 11.0. The van der Waals surface area contributed by atoms with Gasteiger partial charge < -0.3 is 0 Å². The molecular weight excluding hydrogens is 305 g/mol. The molecule has 0 aliphatic heterocycles. The van der Waals surface area contributed by atoms with Crippen molar-refractivity contribution in [2.24, 2.45) is 5.41 Å². The van der Waals surface area contributed by atoms with Gasteiger partial charge in [-0.15, -0.1) is 0 Å². The number of rotatable bonds is 4. The highest BCUT2D eigenvalue weighted by molar-refractivity contribution is 9.09. The largest absolute Gasteiger partial charge is 0.274 e. The van der Waals surface area contributed by atoms with Crippen LogP contribution in [0.5, 0.6) is 0 Å². The first-order valence-electron chi connectivity index (χ1n) is 5.51. The number of nitro groups is 1. The fourth-order valence-corrected chi connectivity index (χ4v) is 2.90. The molecule has 0 amide bonds. The molecule has 3 nitrogen and oxygen atoms in total. The molecule has 0 radical (unpaired) electrons. The normalized spacial score (nSPS) is 18.8.